The average Bonchev–Trinajstić information content (AvgIpc) is 2.43. The van der Waals surface area contributed by atoms with Gasteiger partial charge in [0.25, 0.3) is 0 Å². The average molecular weight is 307 g/mol. The Bertz CT molecular complexity index is 545. The van der Waals surface area contributed by atoms with Crippen molar-refractivity contribution in [3.63, 3.8) is 0 Å². The fourth-order valence-corrected chi connectivity index (χ4v) is 2.95. The molecule has 2 rings (SSSR count). The molecule has 1 aliphatic heterocycles. The largest absolute Gasteiger partial charge is 0.354 e. The third kappa shape index (κ3) is 4.78. The zero-order valence-electron chi connectivity index (χ0n) is 11.6. The molecule has 0 aromatic heterocycles. The smallest absolute Gasteiger partial charge is 0.233 e. The van der Waals surface area contributed by atoms with Crippen LogP contribution in [0.1, 0.15) is 13.3 Å². The van der Waals surface area contributed by atoms with Crippen molar-refractivity contribution in [1.29, 1.82) is 0 Å². The molecule has 1 aromatic carbocycles. The number of rotatable bonds is 4. The topological polar surface area (TPSA) is 87.3 Å². The molecule has 1 fully saturated rings. The molecule has 1 aliphatic rings. The van der Waals surface area contributed by atoms with Gasteiger partial charge in [-0.2, -0.15) is 0 Å². The number of hydrogen-bond donors (Lipinski definition) is 3. The summed E-state index contributed by atoms with van der Waals surface area (Å²) in [7, 11) is 0. The number of thioether (sulfide) groups is 1. The second kappa shape index (κ2) is 7.12. The van der Waals surface area contributed by atoms with Crippen molar-refractivity contribution in [2.75, 3.05) is 22.9 Å². The van der Waals surface area contributed by atoms with Crippen molar-refractivity contribution >= 4 is 40.9 Å². The standard InChI is InChI=1S/C14H17N3O3S/c1-9(18)16-10-2-4-11(5-3-10)17-13(19)8-12-14(20)15-6-7-21-12/h2-5,12H,6-8H2,1H3,(H,15,20)(H,16,18)(H,17,19). The molecule has 1 saturated heterocycles. The summed E-state index contributed by atoms with van der Waals surface area (Å²) in [5.41, 5.74) is 1.30. The molecule has 21 heavy (non-hydrogen) atoms. The number of hydrogen-bond acceptors (Lipinski definition) is 4. The summed E-state index contributed by atoms with van der Waals surface area (Å²) in [4.78, 5) is 34.4. The molecule has 0 bridgehead atoms. The maximum absolute atomic E-state index is 11.9. The lowest BCUT2D eigenvalue weighted by atomic mass is 10.2. The number of carbonyl (C=O) groups excluding carboxylic acids is 3. The van der Waals surface area contributed by atoms with Crippen LogP contribution in [-0.4, -0.2) is 35.3 Å². The maximum Gasteiger partial charge on any atom is 0.233 e. The van der Waals surface area contributed by atoms with Crippen molar-refractivity contribution < 1.29 is 14.4 Å². The van der Waals surface area contributed by atoms with E-state index in [9.17, 15) is 14.4 Å². The summed E-state index contributed by atoms with van der Waals surface area (Å²) in [6.07, 6.45) is 0.157. The summed E-state index contributed by atoms with van der Waals surface area (Å²) >= 11 is 1.50. The highest BCUT2D eigenvalue weighted by Crippen LogP contribution is 2.19. The number of carbonyl (C=O) groups is 3. The molecule has 7 heteroatoms. The molecular formula is C14H17N3O3S. The van der Waals surface area contributed by atoms with E-state index in [2.05, 4.69) is 16.0 Å². The molecular weight excluding hydrogens is 290 g/mol. The van der Waals surface area contributed by atoms with Gasteiger partial charge >= 0.3 is 0 Å². The first-order valence-corrected chi connectivity index (χ1v) is 7.66. The molecule has 112 valence electrons. The molecule has 0 aliphatic carbocycles. The predicted octanol–water partition coefficient (Wildman–Crippen LogP) is 1.21. The Morgan fingerprint density at radius 1 is 1.24 bits per heavy atom. The van der Waals surface area contributed by atoms with E-state index in [0.717, 1.165) is 5.75 Å². The van der Waals surface area contributed by atoms with Crippen molar-refractivity contribution in [2.45, 2.75) is 18.6 Å². The number of anilines is 2. The SMILES string of the molecule is CC(=O)Nc1ccc(NC(=O)CC2SCCNC2=O)cc1. The number of nitrogens with one attached hydrogen (secondary N) is 3. The van der Waals surface area contributed by atoms with Crippen LogP contribution in [0.5, 0.6) is 0 Å². The Balaban J connectivity index is 1.87. The van der Waals surface area contributed by atoms with Crippen LogP contribution in [0.2, 0.25) is 0 Å². The highest BCUT2D eigenvalue weighted by Gasteiger charge is 2.25. The van der Waals surface area contributed by atoms with E-state index in [-0.39, 0.29) is 29.4 Å². The lowest BCUT2D eigenvalue weighted by Crippen LogP contribution is -2.40. The highest BCUT2D eigenvalue weighted by molar-refractivity contribution is 8.00. The third-order valence-corrected chi connectivity index (χ3v) is 4.10. The van der Waals surface area contributed by atoms with Crippen LogP contribution in [0.4, 0.5) is 11.4 Å². The van der Waals surface area contributed by atoms with E-state index in [4.69, 9.17) is 0 Å². The van der Waals surface area contributed by atoms with E-state index in [1.54, 1.807) is 24.3 Å². The molecule has 1 atom stereocenters. The van der Waals surface area contributed by atoms with E-state index in [0.29, 0.717) is 17.9 Å². The van der Waals surface area contributed by atoms with Gasteiger partial charge in [0.2, 0.25) is 17.7 Å². The minimum atomic E-state index is -0.322. The van der Waals surface area contributed by atoms with Crippen LogP contribution in [-0.2, 0) is 14.4 Å². The monoisotopic (exact) mass is 307 g/mol. The molecule has 6 nitrogen and oxygen atoms in total. The fraction of sp³-hybridized carbons (Fsp3) is 0.357. The predicted molar refractivity (Wildman–Crippen MR) is 83.2 cm³/mol. The van der Waals surface area contributed by atoms with Gasteiger partial charge in [-0.15, -0.1) is 11.8 Å². The Hall–Kier alpha value is -2.02. The van der Waals surface area contributed by atoms with E-state index < -0.39 is 0 Å². The van der Waals surface area contributed by atoms with Crippen molar-refractivity contribution in [1.82, 2.24) is 5.32 Å². The van der Waals surface area contributed by atoms with Gasteiger partial charge < -0.3 is 16.0 Å². The molecule has 0 saturated carbocycles. The van der Waals surface area contributed by atoms with Gasteiger partial charge in [0.05, 0.1) is 5.25 Å². The first-order chi connectivity index (χ1) is 10.0. The first-order valence-electron chi connectivity index (χ1n) is 6.61. The van der Waals surface area contributed by atoms with Crippen molar-refractivity contribution in [2.24, 2.45) is 0 Å². The summed E-state index contributed by atoms with van der Waals surface area (Å²) in [5, 5.41) is 7.82. The van der Waals surface area contributed by atoms with Gasteiger partial charge in [-0.05, 0) is 24.3 Å². The summed E-state index contributed by atoms with van der Waals surface area (Å²) < 4.78 is 0. The van der Waals surface area contributed by atoms with Crippen LogP contribution in [0.25, 0.3) is 0 Å². The quantitative estimate of drug-likeness (QED) is 0.780. The maximum atomic E-state index is 11.9. The third-order valence-electron chi connectivity index (χ3n) is 2.87. The lowest BCUT2D eigenvalue weighted by Gasteiger charge is -2.20. The van der Waals surface area contributed by atoms with Crippen molar-refractivity contribution in [3.05, 3.63) is 24.3 Å². The van der Waals surface area contributed by atoms with Crippen LogP contribution < -0.4 is 16.0 Å². The zero-order chi connectivity index (χ0) is 15.2. The van der Waals surface area contributed by atoms with Gasteiger partial charge in [-0.25, -0.2) is 0 Å². The van der Waals surface area contributed by atoms with Crippen LogP contribution >= 0.6 is 11.8 Å². The molecule has 0 spiro atoms. The summed E-state index contributed by atoms with van der Waals surface area (Å²) in [6, 6.07) is 6.83. The molecule has 1 heterocycles. The van der Waals surface area contributed by atoms with Gasteiger partial charge in [0.1, 0.15) is 0 Å². The number of amides is 3. The van der Waals surface area contributed by atoms with E-state index in [1.807, 2.05) is 0 Å². The van der Waals surface area contributed by atoms with E-state index >= 15 is 0 Å². The Morgan fingerprint density at radius 2 is 1.86 bits per heavy atom. The normalized spacial score (nSPS) is 17.8. The minimum absolute atomic E-state index is 0.0811. The summed E-state index contributed by atoms with van der Waals surface area (Å²) in [5.74, 6) is 0.404. The summed E-state index contributed by atoms with van der Waals surface area (Å²) in [6.45, 7) is 2.09. The van der Waals surface area contributed by atoms with Gasteiger partial charge in [-0.3, -0.25) is 14.4 Å². The van der Waals surface area contributed by atoms with Crippen LogP contribution in [0.3, 0.4) is 0 Å². The second-order valence-electron chi connectivity index (χ2n) is 4.66. The van der Waals surface area contributed by atoms with Crippen LogP contribution in [0.15, 0.2) is 24.3 Å². The Labute approximate surface area is 127 Å². The molecule has 3 N–H and O–H groups in total. The fourth-order valence-electron chi connectivity index (χ4n) is 1.94. The molecule has 3 amide bonds. The first kappa shape index (κ1) is 15.4. The number of benzene rings is 1. The van der Waals surface area contributed by atoms with E-state index in [1.165, 1.54) is 18.7 Å². The zero-order valence-corrected chi connectivity index (χ0v) is 12.5. The molecule has 1 aromatic rings. The molecule has 0 radical (unpaired) electrons. The Kier molecular flexibility index (Phi) is 5.21. The lowest BCUT2D eigenvalue weighted by molar-refractivity contribution is -0.123. The van der Waals surface area contributed by atoms with Gasteiger partial charge in [-0.1, -0.05) is 0 Å². The minimum Gasteiger partial charge on any atom is -0.354 e. The Morgan fingerprint density at radius 3 is 2.43 bits per heavy atom. The molecule has 1 unspecified atom stereocenters. The highest BCUT2D eigenvalue weighted by atomic mass is 32.2. The second-order valence-corrected chi connectivity index (χ2v) is 5.97. The van der Waals surface area contributed by atoms with Gasteiger partial charge in [0, 0.05) is 37.0 Å². The van der Waals surface area contributed by atoms with Gasteiger partial charge in [0.15, 0.2) is 0 Å². The van der Waals surface area contributed by atoms with Crippen LogP contribution in [0, 0.1) is 0 Å². The van der Waals surface area contributed by atoms with Crippen molar-refractivity contribution in [3.8, 4) is 0 Å².